The average Bonchev–Trinajstić information content (AvgIpc) is 1.24. The number of aromatic carboxylic acids is 1. The van der Waals surface area contributed by atoms with E-state index in [1.165, 1.54) is 24.5 Å². The third kappa shape index (κ3) is 15.7. The number of carbonyl (C=O) groups is 9. The molecule has 5 fully saturated rings. The van der Waals surface area contributed by atoms with Crippen LogP contribution in [-0.2, 0) is 80.3 Å². The number of para-hydroxylation sites is 1. The smallest absolute Gasteiger partial charge is 0.355 e. The summed E-state index contributed by atoms with van der Waals surface area (Å²) in [5.41, 5.74) is 9.75. The maximum atomic E-state index is 13.7. The molecule has 100 heavy (non-hydrogen) atoms. The minimum absolute atomic E-state index is 0.0124. The number of carbonyl (C=O) groups excluding carboxylic acids is 7. The Bertz CT molecular complexity index is 4090. The molecule has 0 radical (unpaired) electrons. The number of pyridine rings is 1. The lowest BCUT2D eigenvalue weighted by Crippen LogP contribution is -2.64. The number of esters is 1. The van der Waals surface area contributed by atoms with Crippen LogP contribution in [0.1, 0.15) is 148 Å². The summed E-state index contributed by atoms with van der Waals surface area (Å²) in [5.74, 6) is -6.95. The van der Waals surface area contributed by atoms with E-state index in [-0.39, 0.29) is 73.1 Å². The quantitative estimate of drug-likeness (QED) is 0.0140. The van der Waals surface area contributed by atoms with E-state index in [4.69, 9.17) is 24.9 Å². The van der Waals surface area contributed by atoms with Crippen LogP contribution in [0.5, 0.6) is 0 Å². The SMILES string of the molecule is CC(=NCC12CC3(C)CC(C)(C1)CC(OCCCC(=O)OCc1ccc(CC(=O)[C@H](C)NC(=O)[C@@H](NC(=O)CN4C(=O)C=CC4=O)C(C)C)cc1CC[C@@H]1O[C@H](C(=O)O)[C@@H](O)[C@H](O)[C@H]1O)(C3)C2)C(=CN)c1ccc(N2CCn3cnc(C(=O)Nc4nc5ccccc5s4)c3C2)nc1C(=O)O. The van der Waals surface area contributed by atoms with Gasteiger partial charge in [-0.1, -0.05) is 69.4 Å². The number of Topliss-reactive ketones (excluding diaryl/α,β-unsaturated/α-hetero) is 1. The number of carboxylic acid groups (broad SMARTS) is 2. The van der Waals surface area contributed by atoms with Gasteiger partial charge in [0.05, 0.1) is 46.5 Å². The molecule has 1 saturated heterocycles. The molecule has 532 valence electrons. The summed E-state index contributed by atoms with van der Waals surface area (Å²) in [5, 5.41) is 60.7. The van der Waals surface area contributed by atoms with Gasteiger partial charge < -0.3 is 65.6 Å². The van der Waals surface area contributed by atoms with Gasteiger partial charge in [0, 0.05) is 74.3 Å². The first-order valence-electron chi connectivity index (χ1n) is 33.6. The van der Waals surface area contributed by atoms with Crippen molar-refractivity contribution in [2.45, 2.75) is 180 Å². The monoisotopic (exact) mass is 1400 g/mol. The van der Waals surface area contributed by atoms with Gasteiger partial charge in [0.25, 0.3) is 17.7 Å². The van der Waals surface area contributed by atoms with E-state index in [2.05, 4.69) is 44.7 Å². The number of aliphatic hydroxyl groups is 3. The largest absolute Gasteiger partial charge is 0.479 e. The van der Waals surface area contributed by atoms with Crippen LogP contribution in [0, 0.1) is 22.2 Å². The first kappa shape index (κ1) is 72.1. The van der Waals surface area contributed by atoms with Crippen LogP contribution < -0.4 is 26.6 Å². The van der Waals surface area contributed by atoms with Crippen LogP contribution in [0.4, 0.5) is 10.9 Å². The summed E-state index contributed by atoms with van der Waals surface area (Å²) >= 11 is 1.36. The summed E-state index contributed by atoms with van der Waals surface area (Å²) in [6.45, 7) is 12.4. The minimum atomic E-state index is -1.90. The number of rotatable bonds is 28. The number of nitrogens with two attached hydrogens (primary N) is 1. The molecule has 29 heteroatoms. The van der Waals surface area contributed by atoms with Gasteiger partial charge in [0.2, 0.25) is 11.8 Å². The molecule has 3 aliphatic heterocycles. The molecule has 5 aromatic rings. The lowest BCUT2D eigenvalue weighted by Gasteiger charge is -2.69. The molecule has 28 nitrogen and oxygen atoms in total. The lowest BCUT2D eigenvalue weighted by molar-refractivity contribution is -0.242. The zero-order valence-corrected chi connectivity index (χ0v) is 57.4. The second-order valence-corrected chi connectivity index (χ2v) is 29.8. The lowest BCUT2D eigenvalue weighted by atomic mass is 9.39. The fourth-order valence-corrected chi connectivity index (χ4v) is 17.3. The van der Waals surface area contributed by atoms with Crippen molar-refractivity contribution >= 4 is 97.0 Å². The number of amides is 5. The highest BCUT2D eigenvalue weighted by Crippen LogP contribution is 2.71. The summed E-state index contributed by atoms with van der Waals surface area (Å²) in [4.78, 5) is 138. The molecule has 4 bridgehead atoms. The number of ether oxygens (including phenoxy) is 3. The molecule has 0 spiro atoms. The molecule has 6 heterocycles. The number of allylic oxidation sites excluding steroid dienone is 1. The normalized spacial score (nSPS) is 26.2. The molecule has 2 unspecified atom stereocenters. The van der Waals surface area contributed by atoms with E-state index in [1.54, 1.807) is 50.5 Å². The molecule has 3 aromatic heterocycles. The predicted molar refractivity (Wildman–Crippen MR) is 364 cm³/mol. The number of nitrogens with one attached hydrogen (secondary N) is 3. The number of benzene rings is 2. The molecular formula is C71H85N11O17S. The Morgan fingerprint density at radius 1 is 0.860 bits per heavy atom. The van der Waals surface area contributed by atoms with Gasteiger partial charge in [0.1, 0.15) is 43.3 Å². The van der Waals surface area contributed by atoms with Crippen LogP contribution in [0.3, 0.4) is 0 Å². The third-order valence-corrected chi connectivity index (χ3v) is 21.1. The summed E-state index contributed by atoms with van der Waals surface area (Å²) in [6.07, 6.45) is 1.99. The van der Waals surface area contributed by atoms with E-state index in [0.29, 0.717) is 76.2 Å². The van der Waals surface area contributed by atoms with Gasteiger partial charge in [-0.3, -0.25) is 48.8 Å². The Balaban J connectivity index is 0.708. The summed E-state index contributed by atoms with van der Waals surface area (Å²) in [7, 11) is 0. The second kappa shape index (κ2) is 29.2. The fraction of sp³-hybridized carbons (Fsp3) is 0.507. The van der Waals surface area contributed by atoms with Crippen molar-refractivity contribution in [3.8, 4) is 0 Å². The molecule has 9 atom stereocenters. The van der Waals surface area contributed by atoms with Crippen molar-refractivity contribution in [1.82, 2.24) is 35.1 Å². The topological polar surface area (TPSA) is 407 Å². The van der Waals surface area contributed by atoms with Crippen molar-refractivity contribution in [1.29, 1.82) is 0 Å². The zero-order valence-electron chi connectivity index (χ0n) is 56.6. The van der Waals surface area contributed by atoms with Crippen molar-refractivity contribution in [3.05, 3.63) is 119 Å². The Morgan fingerprint density at radius 3 is 2.28 bits per heavy atom. The number of thiazole rings is 1. The highest BCUT2D eigenvalue weighted by atomic mass is 32.1. The number of aliphatic imine (C=N–C) groups is 1. The van der Waals surface area contributed by atoms with Crippen LogP contribution in [0.2, 0.25) is 0 Å². The van der Waals surface area contributed by atoms with Crippen molar-refractivity contribution < 1.29 is 82.9 Å². The van der Waals surface area contributed by atoms with E-state index in [0.717, 1.165) is 65.8 Å². The van der Waals surface area contributed by atoms with Gasteiger partial charge in [-0.15, -0.1) is 0 Å². The van der Waals surface area contributed by atoms with Crippen molar-refractivity contribution in [2.24, 2.45) is 32.9 Å². The van der Waals surface area contributed by atoms with Crippen LogP contribution >= 0.6 is 11.3 Å². The zero-order chi connectivity index (χ0) is 71.8. The number of anilines is 2. The number of carboxylic acids is 2. The van der Waals surface area contributed by atoms with E-state index in [9.17, 15) is 68.7 Å². The maximum Gasteiger partial charge on any atom is 0.355 e. The van der Waals surface area contributed by atoms with Crippen LogP contribution in [0.15, 0.2) is 84.3 Å². The standard InChI is InChI=1S/C71H85N11O17S/c1-38(2)56(78-52(84)28-82-53(85)19-20-54(82)86)63(91)75-40(4)48(83)25-41-13-14-43(42(24-41)15-17-49-59(88)60(89)61(90)62(99-49)66(95)96)29-97-55(87)12-9-23-98-71-33-68(5)30-69(6,34-71)32-70(31-68,35-71)36-73-39(3)45(26-72)44-16-18-51(77-57(44)65(93)94)80-21-22-81-37-74-58(47(81)27-80)64(92)79-67-76-46-10-7-8-11-50(46)100-67/h7-8,10-11,13-14,16,18-20,24,26,37-38,40,49,56,59-62,88-90H,9,12,15,17,21-23,25,27-36,72H2,1-6H3,(H,75,91)(H,78,84)(H,93,94)(H,95,96)(H,76,79,92)/t40-,49-,56-,59-,60+,61-,62-,68?,69?,70?,71?/m0/s1. The van der Waals surface area contributed by atoms with Crippen molar-refractivity contribution in [2.75, 3.05) is 36.5 Å². The number of aromatic nitrogens is 4. The molecule has 5 amide bonds. The van der Waals surface area contributed by atoms with Gasteiger partial charge in [-0.2, -0.15) is 0 Å². The van der Waals surface area contributed by atoms with Gasteiger partial charge in [-0.25, -0.2) is 24.5 Å². The Morgan fingerprint density at radius 2 is 1.59 bits per heavy atom. The van der Waals surface area contributed by atoms with Crippen molar-refractivity contribution in [3.63, 3.8) is 0 Å². The molecule has 2 aromatic carbocycles. The number of nitrogens with zero attached hydrogens (tertiary/aromatic N) is 7. The number of aryl methyl sites for hydroxylation is 1. The number of hydrogen-bond donors (Lipinski definition) is 9. The van der Waals surface area contributed by atoms with Crippen LogP contribution in [0.25, 0.3) is 15.8 Å². The minimum Gasteiger partial charge on any atom is -0.479 e. The van der Waals surface area contributed by atoms with Gasteiger partial charge >= 0.3 is 17.9 Å². The summed E-state index contributed by atoms with van der Waals surface area (Å²) < 4.78 is 21.2. The molecule has 4 aliphatic carbocycles. The first-order valence-corrected chi connectivity index (χ1v) is 34.4. The highest BCUT2D eigenvalue weighted by molar-refractivity contribution is 7.22. The number of fused-ring (bicyclic) bond motifs is 2. The number of aliphatic hydroxyl groups excluding tert-OH is 3. The molecule has 10 N–H and O–H groups in total. The van der Waals surface area contributed by atoms with Gasteiger partial charge in [0.15, 0.2) is 28.4 Å². The Labute approximate surface area is 580 Å². The highest BCUT2D eigenvalue weighted by Gasteiger charge is 2.66. The van der Waals surface area contributed by atoms with E-state index in [1.807, 2.05) is 40.7 Å². The predicted octanol–water partition coefficient (Wildman–Crippen LogP) is 4.83. The average molecular weight is 1400 g/mol. The number of imide groups is 1. The third-order valence-electron chi connectivity index (χ3n) is 20.1. The number of hydrogen-bond acceptors (Lipinski definition) is 22. The molecule has 7 aliphatic rings. The summed E-state index contributed by atoms with van der Waals surface area (Å²) in [6, 6.07) is 13.8. The Kier molecular flexibility index (Phi) is 21.1. The van der Waals surface area contributed by atoms with Crippen LogP contribution in [-0.4, -0.2) is 183 Å². The number of aliphatic carboxylic acids is 1. The number of imidazole rings is 1. The first-order chi connectivity index (χ1) is 47.5. The van der Waals surface area contributed by atoms with Gasteiger partial charge in [-0.05, 0) is 135 Å². The fourth-order valence-electron chi connectivity index (χ4n) is 16.5. The van der Waals surface area contributed by atoms with E-state index < -0.39 is 114 Å². The molecular weight excluding hydrogens is 1310 g/mol. The maximum absolute atomic E-state index is 13.7. The molecule has 4 saturated carbocycles. The number of ketones is 1. The molecule has 12 rings (SSSR count). The Hall–Kier alpha value is -9.13. The second-order valence-electron chi connectivity index (χ2n) is 28.7. The van der Waals surface area contributed by atoms with E-state index >= 15 is 0 Å².